The van der Waals surface area contributed by atoms with Crippen LogP contribution < -0.4 is 5.32 Å². The van der Waals surface area contributed by atoms with E-state index in [4.69, 9.17) is 4.74 Å². The maximum atomic E-state index is 13.1. The smallest absolute Gasteiger partial charge is 0.410 e. The van der Waals surface area contributed by atoms with Crippen molar-refractivity contribution in [3.63, 3.8) is 0 Å². The number of likely N-dealkylation sites (tertiary alicyclic amines) is 1. The minimum absolute atomic E-state index is 0.153. The molecular formula is C16H22FIN2O2. The van der Waals surface area contributed by atoms with Crippen LogP contribution in [0.25, 0.3) is 0 Å². The second-order valence-electron chi connectivity index (χ2n) is 6.53. The highest BCUT2D eigenvalue weighted by molar-refractivity contribution is 14.1. The average molecular weight is 420 g/mol. The number of amides is 1. The highest BCUT2D eigenvalue weighted by Crippen LogP contribution is 2.23. The van der Waals surface area contributed by atoms with Crippen LogP contribution in [0, 0.1) is 9.39 Å². The van der Waals surface area contributed by atoms with Crippen LogP contribution in [0.5, 0.6) is 0 Å². The van der Waals surface area contributed by atoms with E-state index in [2.05, 4.69) is 27.9 Å². The Morgan fingerprint density at radius 2 is 2.18 bits per heavy atom. The SMILES string of the molecule is CC(C)(C)OC(=O)N1CCCC(Nc2ccc(F)cc2I)C1. The van der Waals surface area contributed by atoms with Crippen LogP contribution in [-0.2, 0) is 4.74 Å². The molecule has 1 aromatic rings. The molecular weight excluding hydrogens is 398 g/mol. The lowest BCUT2D eigenvalue weighted by Crippen LogP contribution is -2.47. The molecule has 0 spiro atoms. The molecule has 6 heteroatoms. The molecule has 1 aliphatic rings. The lowest BCUT2D eigenvalue weighted by Gasteiger charge is -2.35. The van der Waals surface area contributed by atoms with E-state index in [-0.39, 0.29) is 18.0 Å². The number of carbonyl (C=O) groups is 1. The Kier molecular flexibility index (Phi) is 5.52. The minimum Gasteiger partial charge on any atom is -0.444 e. The number of piperidine rings is 1. The first-order chi connectivity index (χ1) is 10.2. The van der Waals surface area contributed by atoms with Crippen molar-refractivity contribution in [2.24, 2.45) is 0 Å². The van der Waals surface area contributed by atoms with Crippen molar-refractivity contribution < 1.29 is 13.9 Å². The van der Waals surface area contributed by atoms with Gasteiger partial charge < -0.3 is 15.0 Å². The van der Waals surface area contributed by atoms with Crippen LogP contribution >= 0.6 is 22.6 Å². The highest BCUT2D eigenvalue weighted by atomic mass is 127. The number of nitrogens with one attached hydrogen (secondary N) is 1. The third kappa shape index (κ3) is 5.00. The van der Waals surface area contributed by atoms with Gasteiger partial charge in [0.25, 0.3) is 0 Å². The lowest BCUT2D eigenvalue weighted by molar-refractivity contribution is 0.0206. The summed E-state index contributed by atoms with van der Waals surface area (Å²) in [6.45, 7) is 6.92. The quantitative estimate of drug-likeness (QED) is 0.728. The zero-order valence-electron chi connectivity index (χ0n) is 13.2. The normalized spacial score (nSPS) is 19.0. The van der Waals surface area contributed by atoms with Gasteiger partial charge in [-0.05, 0) is 74.4 Å². The van der Waals surface area contributed by atoms with Crippen LogP contribution in [0.2, 0.25) is 0 Å². The van der Waals surface area contributed by atoms with Gasteiger partial charge in [-0.3, -0.25) is 0 Å². The first kappa shape index (κ1) is 17.3. The van der Waals surface area contributed by atoms with E-state index in [9.17, 15) is 9.18 Å². The Labute approximate surface area is 144 Å². The summed E-state index contributed by atoms with van der Waals surface area (Å²) >= 11 is 2.11. The number of anilines is 1. The van der Waals surface area contributed by atoms with Crippen LogP contribution in [0.1, 0.15) is 33.6 Å². The van der Waals surface area contributed by atoms with Crippen molar-refractivity contribution in [1.29, 1.82) is 0 Å². The Morgan fingerprint density at radius 1 is 1.45 bits per heavy atom. The van der Waals surface area contributed by atoms with Gasteiger partial charge in [0.2, 0.25) is 0 Å². The molecule has 0 radical (unpaired) electrons. The maximum Gasteiger partial charge on any atom is 0.410 e. The number of hydrogen-bond donors (Lipinski definition) is 1. The third-order valence-corrected chi connectivity index (χ3v) is 4.26. The fraction of sp³-hybridized carbons (Fsp3) is 0.562. The predicted octanol–water partition coefficient (Wildman–Crippen LogP) is 4.24. The van der Waals surface area contributed by atoms with Crippen molar-refractivity contribution in [2.45, 2.75) is 45.3 Å². The lowest BCUT2D eigenvalue weighted by atomic mass is 10.1. The molecule has 1 aliphatic heterocycles. The molecule has 1 amide bonds. The maximum absolute atomic E-state index is 13.1. The van der Waals surface area contributed by atoms with Gasteiger partial charge in [-0.2, -0.15) is 0 Å². The number of nitrogens with zero attached hydrogens (tertiary/aromatic N) is 1. The van der Waals surface area contributed by atoms with Gasteiger partial charge in [-0.15, -0.1) is 0 Å². The summed E-state index contributed by atoms with van der Waals surface area (Å²) in [5, 5.41) is 3.40. The van der Waals surface area contributed by atoms with E-state index in [1.165, 1.54) is 12.1 Å². The third-order valence-electron chi connectivity index (χ3n) is 3.36. The summed E-state index contributed by atoms with van der Waals surface area (Å²) in [5.74, 6) is -0.242. The van der Waals surface area contributed by atoms with Gasteiger partial charge in [0.15, 0.2) is 0 Å². The van der Waals surface area contributed by atoms with Crippen molar-refractivity contribution in [2.75, 3.05) is 18.4 Å². The Bertz CT molecular complexity index is 545. The van der Waals surface area contributed by atoms with Crippen molar-refractivity contribution in [1.82, 2.24) is 4.90 Å². The van der Waals surface area contributed by atoms with Crippen molar-refractivity contribution in [3.8, 4) is 0 Å². The Hall–Kier alpha value is -1.05. The van der Waals surface area contributed by atoms with Gasteiger partial charge in [-0.25, -0.2) is 9.18 Å². The molecule has 4 nitrogen and oxygen atoms in total. The van der Waals surface area contributed by atoms with Crippen molar-refractivity contribution in [3.05, 3.63) is 27.6 Å². The second kappa shape index (κ2) is 7.02. The fourth-order valence-electron chi connectivity index (χ4n) is 2.41. The molecule has 1 unspecified atom stereocenters. The molecule has 0 aliphatic carbocycles. The summed E-state index contributed by atoms with van der Waals surface area (Å²) < 4.78 is 19.4. The average Bonchev–Trinajstić information content (AvgIpc) is 2.40. The molecule has 1 atom stereocenters. The van der Waals surface area contributed by atoms with Crippen LogP contribution in [0.15, 0.2) is 18.2 Å². The van der Waals surface area contributed by atoms with E-state index in [0.29, 0.717) is 13.1 Å². The molecule has 0 aromatic heterocycles. The van der Waals surface area contributed by atoms with Crippen LogP contribution in [0.3, 0.4) is 0 Å². The van der Waals surface area contributed by atoms with E-state index < -0.39 is 5.60 Å². The number of benzene rings is 1. The number of rotatable bonds is 2. The zero-order chi connectivity index (χ0) is 16.3. The molecule has 1 N–H and O–H groups in total. The van der Waals surface area contributed by atoms with Crippen LogP contribution in [0.4, 0.5) is 14.9 Å². The molecule has 122 valence electrons. The van der Waals surface area contributed by atoms with E-state index in [1.54, 1.807) is 11.0 Å². The summed E-state index contributed by atoms with van der Waals surface area (Å²) in [7, 11) is 0. The highest BCUT2D eigenvalue weighted by Gasteiger charge is 2.27. The van der Waals surface area contributed by atoms with Crippen LogP contribution in [-0.4, -0.2) is 35.7 Å². The standard InChI is InChI=1S/C16H22FIN2O2/c1-16(2,3)22-15(21)20-8-4-5-12(10-20)19-14-7-6-11(17)9-13(14)18/h6-7,9,12,19H,4-5,8,10H2,1-3H3. The molecule has 0 saturated carbocycles. The molecule has 1 saturated heterocycles. The minimum atomic E-state index is -0.482. The van der Waals surface area contributed by atoms with E-state index in [1.807, 2.05) is 20.8 Å². The predicted molar refractivity (Wildman–Crippen MR) is 93.6 cm³/mol. The molecule has 22 heavy (non-hydrogen) atoms. The van der Waals surface area contributed by atoms with Crippen molar-refractivity contribution >= 4 is 34.4 Å². The topological polar surface area (TPSA) is 41.6 Å². The fourth-order valence-corrected chi connectivity index (χ4v) is 3.05. The zero-order valence-corrected chi connectivity index (χ0v) is 15.3. The first-order valence-electron chi connectivity index (χ1n) is 7.44. The van der Waals surface area contributed by atoms with Gasteiger partial charge >= 0.3 is 6.09 Å². The van der Waals surface area contributed by atoms with Gasteiger partial charge in [-0.1, -0.05) is 0 Å². The molecule has 1 heterocycles. The Morgan fingerprint density at radius 3 is 2.82 bits per heavy atom. The first-order valence-corrected chi connectivity index (χ1v) is 8.52. The number of ether oxygens (including phenoxy) is 1. The van der Waals surface area contributed by atoms with Gasteiger partial charge in [0.05, 0.1) is 0 Å². The van der Waals surface area contributed by atoms with Gasteiger partial charge in [0.1, 0.15) is 11.4 Å². The molecule has 2 rings (SSSR count). The summed E-state index contributed by atoms with van der Waals surface area (Å²) in [4.78, 5) is 13.9. The second-order valence-corrected chi connectivity index (χ2v) is 7.70. The molecule has 1 aromatic carbocycles. The number of halogens is 2. The number of hydrogen-bond acceptors (Lipinski definition) is 3. The summed E-state index contributed by atoms with van der Waals surface area (Å²) in [6.07, 6.45) is 1.63. The largest absolute Gasteiger partial charge is 0.444 e. The summed E-state index contributed by atoms with van der Waals surface area (Å²) in [6, 6.07) is 4.83. The molecule has 1 fully saturated rings. The van der Waals surface area contributed by atoms with Gasteiger partial charge in [0, 0.05) is 28.4 Å². The Balaban J connectivity index is 1.97. The molecule has 0 bridgehead atoms. The van der Waals surface area contributed by atoms with E-state index >= 15 is 0 Å². The number of carbonyl (C=O) groups excluding carboxylic acids is 1. The summed E-state index contributed by atoms with van der Waals surface area (Å²) in [5.41, 5.74) is 0.419. The monoisotopic (exact) mass is 420 g/mol. The van der Waals surface area contributed by atoms with E-state index in [0.717, 1.165) is 22.1 Å².